The molecule has 2 fully saturated rings. The number of hydrogen-bond donors (Lipinski definition) is 0. The van der Waals surface area contributed by atoms with Gasteiger partial charge in [-0.3, -0.25) is 4.79 Å². The largest absolute Gasteiger partial charge is 0.356 e. The van der Waals surface area contributed by atoms with Crippen molar-refractivity contribution >= 4 is 17.5 Å². The fraction of sp³-hybridized carbons (Fsp3) is 0.450. The van der Waals surface area contributed by atoms with Gasteiger partial charge in [0.1, 0.15) is 23.8 Å². The van der Waals surface area contributed by atoms with Crippen LogP contribution in [0.4, 0.5) is 16.0 Å². The number of rotatable bonds is 4. The van der Waals surface area contributed by atoms with Crippen LogP contribution in [-0.2, 0) is 11.3 Å². The first-order valence-corrected chi connectivity index (χ1v) is 9.53. The fourth-order valence-electron chi connectivity index (χ4n) is 3.73. The SMILES string of the molecule is O=C1CN(c2cc(N3CCCCC3)ncn2)CCN1Cc1cccc(F)c1. The molecule has 2 aromatic rings. The summed E-state index contributed by atoms with van der Waals surface area (Å²) < 4.78 is 13.4. The van der Waals surface area contributed by atoms with Crippen molar-refractivity contribution in [2.24, 2.45) is 0 Å². The number of piperidine rings is 1. The van der Waals surface area contributed by atoms with Crippen LogP contribution in [0.5, 0.6) is 0 Å². The lowest BCUT2D eigenvalue weighted by atomic mass is 10.1. The van der Waals surface area contributed by atoms with E-state index in [1.165, 1.54) is 31.4 Å². The van der Waals surface area contributed by atoms with Crippen LogP contribution in [0, 0.1) is 5.82 Å². The lowest BCUT2D eigenvalue weighted by molar-refractivity contribution is -0.131. The second kappa shape index (κ2) is 7.90. The Bertz CT molecular complexity index is 808. The molecule has 142 valence electrons. The molecule has 6 nitrogen and oxygen atoms in total. The molecule has 2 saturated heterocycles. The summed E-state index contributed by atoms with van der Waals surface area (Å²) in [6.45, 7) is 4.07. The number of nitrogens with zero attached hydrogens (tertiary/aromatic N) is 5. The average Bonchev–Trinajstić information content (AvgIpc) is 2.70. The van der Waals surface area contributed by atoms with Crippen molar-refractivity contribution in [3.63, 3.8) is 0 Å². The van der Waals surface area contributed by atoms with Gasteiger partial charge < -0.3 is 14.7 Å². The van der Waals surface area contributed by atoms with E-state index in [1.54, 1.807) is 17.3 Å². The van der Waals surface area contributed by atoms with E-state index in [0.29, 0.717) is 19.6 Å². The van der Waals surface area contributed by atoms with E-state index in [9.17, 15) is 9.18 Å². The zero-order valence-corrected chi connectivity index (χ0v) is 15.4. The molecule has 1 aromatic heterocycles. The minimum absolute atomic E-state index is 0.0312. The number of halogens is 1. The number of anilines is 2. The average molecular weight is 369 g/mol. The summed E-state index contributed by atoms with van der Waals surface area (Å²) in [7, 11) is 0. The smallest absolute Gasteiger partial charge is 0.242 e. The van der Waals surface area contributed by atoms with Gasteiger partial charge in [-0.15, -0.1) is 0 Å². The van der Waals surface area contributed by atoms with Gasteiger partial charge in [0, 0.05) is 38.8 Å². The summed E-state index contributed by atoms with van der Waals surface area (Å²) in [5.41, 5.74) is 0.811. The fourth-order valence-corrected chi connectivity index (χ4v) is 3.73. The maximum Gasteiger partial charge on any atom is 0.242 e. The Kier molecular flexibility index (Phi) is 5.18. The van der Waals surface area contributed by atoms with E-state index in [2.05, 4.69) is 14.9 Å². The Morgan fingerprint density at radius 2 is 1.70 bits per heavy atom. The lowest BCUT2D eigenvalue weighted by Crippen LogP contribution is -2.50. The van der Waals surface area contributed by atoms with Crippen molar-refractivity contribution in [2.75, 3.05) is 42.5 Å². The normalized spacial score (nSPS) is 18.1. The molecule has 0 saturated carbocycles. The van der Waals surface area contributed by atoms with Gasteiger partial charge in [0.2, 0.25) is 5.91 Å². The van der Waals surface area contributed by atoms with E-state index in [0.717, 1.165) is 30.3 Å². The summed E-state index contributed by atoms with van der Waals surface area (Å²) in [6.07, 6.45) is 5.24. The van der Waals surface area contributed by atoms with Gasteiger partial charge >= 0.3 is 0 Å². The molecule has 0 aliphatic carbocycles. The van der Waals surface area contributed by atoms with Crippen LogP contribution in [0.2, 0.25) is 0 Å². The molecular formula is C20H24FN5O. The molecule has 3 heterocycles. The van der Waals surface area contributed by atoms with Crippen molar-refractivity contribution in [3.05, 3.63) is 48.0 Å². The van der Waals surface area contributed by atoms with Crippen LogP contribution in [0.3, 0.4) is 0 Å². The Labute approximate surface area is 158 Å². The third-order valence-electron chi connectivity index (χ3n) is 5.22. The quantitative estimate of drug-likeness (QED) is 0.829. The molecule has 4 rings (SSSR count). The molecule has 0 atom stereocenters. The van der Waals surface area contributed by atoms with Crippen LogP contribution in [0.15, 0.2) is 36.7 Å². The van der Waals surface area contributed by atoms with Gasteiger partial charge in [-0.25, -0.2) is 14.4 Å². The van der Waals surface area contributed by atoms with Gasteiger partial charge in [-0.05, 0) is 37.0 Å². The summed E-state index contributed by atoms with van der Waals surface area (Å²) >= 11 is 0. The summed E-state index contributed by atoms with van der Waals surface area (Å²) in [6, 6.07) is 8.40. The standard InChI is InChI=1S/C20H24FN5O/c21-17-6-4-5-16(11-17)13-26-10-9-25(14-20(26)27)19-12-18(22-15-23-19)24-7-2-1-3-8-24/h4-6,11-12,15H,1-3,7-10,13-14H2. The number of aromatic nitrogens is 2. The van der Waals surface area contributed by atoms with Crippen LogP contribution in [0.25, 0.3) is 0 Å². The molecular weight excluding hydrogens is 345 g/mol. The molecule has 0 unspecified atom stereocenters. The Hall–Kier alpha value is -2.70. The summed E-state index contributed by atoms with van der Waals surface area (Å²) in [5, 5.41) is 0. The Balaban J connectivity index is 1.41. The van der Waals surface area contributed by atoms with E-state index in [-0.39, 0.29) is 18.3 Å². The highest BCUT2D eigenvalue weighted by Gasteiger charge is 2.25. The highest BCUT2D eigenvalue weighted by atomic mass is 19.1. The van der Waals surface area contributed by atoms with E-state index in [4.69, 9.17) is 0 Å². The zero-order chi connectivity index (χ0) is 18.6. The van der Waals surface area contributed by atoms with Crippen LogP contribution < -0.4 is 9.80 Å². The predicted molar refractivity (Wildman–Crippen MR) is 102 cm³/mol. The third kappa shape index (κ3) is 4.18. The first-order valence-electron chi connectivity index (χ1n) is 9.53. The molecule has 1 aromatic carbocycles. The number of piperazine rings is 1. The molecule has 0 bridgehead atoms. The van der Waals surface area contributed by atoms with Crippen molar-refractivity contribution in [2.45, 2.75) is 25.8 Å². The van der Waals surface area contributed by atoms with Crippen molar-refractivity contribution in [1.29, 1.82) is 0 Å². The minimum Gasteiger partial charge on any atom is -0.356 e. The number of carbonyl (C=O) groups excluding carboxylic acids is 1. The van der Waals surface area contributed by atoms with Crippen LogP contribution >= 0.6 is 0 Å². The van der Waals surface area contributed by atoms with E-state index >= 15 is 0 Å². The van der Waals surface area contributed by atoms with Crippen molar-refractivity contribution < 1.29 is 9.18 Å². The highest BCUT2D eigenvalue weighted by Crippen LogP contribution is 2.22. The molecule has 0 N–H and O–H groups in total. The minimum atomic E-state index is -0.273. The van der Waals surface area contributed by atoms with Crippen molar-refractivity contribution in [3.8, 4) is 0 Å². The first-order chi connectivity index (χ1) is 13.2. The molecule has 1 amide bonds. The van der Waals surface area contributed by atoms with Gasteiger partial charge in [0.05, 0.1) is 6.54 Å². The Morgan fingerprint density at radius 1 is 0.926 bits per heavy atom. The molecule has 0 radical (unpaired) electrons. The summed E-state index contributed by atoms with van der Waals surface area (Å²) in [5.74, 6) is 1.49. The monoisotopic (exact) mass is 369 g/mol. The molecule has 2 aliphatic rings. The second-order valence-corrected chi connectivity index (χ2v) is 7.15. The van der Waals surface area contributed by atoms with E-state index in [1.807, 2.05) is 17.0 Å². The Morgan fingerprint density at radius 3 is 2.44 bits per heavy atom. The van der Waals surface area contributed by atoms with Gasteiger partial charge in [0.25, 0.3) is 0 Å². The molecule has 2 aliphatic heterocycles. The summed E-state index contributed by atoms with van der Waals surface area (Å²) in [4.78, 5) is 27.4. The van der Waals surface area contributed by atoms with E-state index < -0.39 is 0 Å². The van der Waals surface area contributed by atoms with Gasteiger partial charge in [-0.2, -0.15) is 0 Å². The number of hydrogen-bond acceptors (Lipinski definition) is 5. The second-order valence-electron chi connectivity index (χ2n) is 7.15. The topological polar surface area (TPSA) is 52.6 Å². The first kappa shape index (κ1) is 17.7. The van der Waals surface area contributed by atoms with Crippen LogP contribution in [-0.4, -0.2) is 53.5 Å². The molecule has 0 spiro atoms. The number of carbonyl (C=O) groups is 1. The molecule has 27 heavy (non-hydrogen) atoms. The maximum atomic E-state index is 13.4. The van der Waals surface area contributed by atoms with Gasteiger partial charge in [-0.1, -0.05) is 12.1 Å². The molecule has 7 heteroatoms. The maximum absolute atomic E-state index is 13.4. The number of amides is 1. The zero-order valence-electron chi connectivity index (χ0n) is 15.4. The van der Waals surface area contributed by atoms with Crippen molar-refractivity contribution in [1.82, 2.24) is 14.9 Å². The van der Waals surface area contributed by atoms with Crippen LogP contribution in [0.1, 0.15) is 24.8 Å². The number of benzene rings is 1. The van der Waals surface area contributed by atoms with Gasteiger partial charge in [0.15, 0.2) is 0 Å². The predicted octanol–water partition coefficient (Wildman–Crippen LogP) is 2.45. The highest BCUT2D eigenvalue weighted by molar-refractivity contribution is 5.82. The lowest BCUT2D eigenvalue weighted by Gasteiger charge is -2.35. The third-order valence-corrected chi connectivity index (χ3v) is 5.22.